The molecule has 2 N–H and O–H groups in total. The summed E-state index contributed by atoms with van der Waals surface area (Å²) in [6, 6.07) is 0. The third kappa shape index (κ3) is 1.92. The van der Waals surface area contributed by atoms with Crippen LogP contribution in [0.5, 0.6) is 0 Å². The maximum absolute atomic E-state index is 12.8. The summed E-state index contributed by atoms with van der Waals surface area (Å²) in [6.07, 6.45) is 0. The predicted molar refractivity (Wildman–Crippen MR) is 39.6 cm³/mol. The van der Waals surface area contributed by atoms with E-state index in [-0.39, 0.29) is 6.54 Å². The highest BCUT2D eigenvalue weighted by atomic mass is 19.2. The summed E-state index contributed by atoms with van der Waals surface area (Å²) in [5.41, 5.74) is -0.968. The zero-order valence-electron chi connectivity index (χ0n) is 6.82. The molecule has 0 aromatic carbocycles. The van der Waals surface area contributed by atoms with Gasteiger partial charge in [-0.15, -0.1) is 0 Å². The molecule has 0 atom stereocenters. The molecule has 0 aliphatic rings. The van der Waals surface area contributed by atoms with E-state index in [1.54, 1.807) is 0 Å². The zero-order valence-corrected chi connectivity index (χ0v) is 6.82. The molecule has 1 rings (SSSR count). The first kappa shape index (κ1) is 10.7. The first-order valence-electron chi connectivity index (χ1n) is 3.62. The van der Waals surface area contributed by atoms with Crippen LogP contribution in [0.25, 0.3) is 0 Å². The SMILES string of the molecule is OCCNc1c(F)c(F)nc(F)c1F. The van der Waals surface area contributed by atoms with Gasteiger partial charge in [0.2, 0.25) is 11.6 Å². The van der Waals surface area contributed by atoms with Crippen molar-refractivity contribution >= 4 is 5.69 Å². The molecule has 0 fully saturated rings. The van der Waals surface area contributed by atoms with Crippen molar-refractivity contribution in [2.45, 2.75) is 0 Å². The van der Waals surface area contributed by atoms with E-state index < -0.39 is 35.8 Å². The molecule has 78 valence electrons. The molecule has 0 spiro atoms. The quantitative estimate of drug-likeness (QED) is 0.578. The molecule has 0 saturated heterocycles. The first-order chi connectivity index (χ1) is 6.57. The van der Waals surface area contributed by atoms with Gasteiger partial charge in [-0.05, 0) is 0 Å². The van der Waals surface area contributed by atoms with Gasteiger partial charge >= 0.3 is 0 Å². The van der Waals surface area contributed by atoms with Crippen molar-refractivity contribution in [2.24, 2.45) is 0 Å². The summed E-state index contributed by atoms with van der Waals surface area (Å²) in [4.78, 5) is 2.36. The van der Waals surface area contributed by atoms with Gasteiger partial charge in [0.15, 0.2) is 0 Å². The van der Waals surface area contributed by atoms with E-state index in [2.05, 4.69) is 4.98 Å². The molecule has 14 heavy (non-hydrogen) atoms. The van der Waals surface area contributed by atoms with Crippen LogP contribution in [0.1, 0.15) is 0 Å². The lowest BCUT2D eigenvalue weighted by molar-refractivity contribution is 0.310. The number of halogens is 4. The van der Waals surface area contributed by atoms with Crippen molar-refractivity contribution in [1.82, 2.24) is 4.98 Å². The van der Waals surface area contributed by atoms with E-state index in [4.69, 9.17) is 5.11 Å². The van der Waals surface area contributed by atoms with Crippen LogP contribution in [0, 0.1) is 23.5 Å². The Hall–Kier alpha value is -1.37. The van der Waals surface area contributed by atoms with E-state index in [9.17, 15) is 17.6 Å². The molecule has 0 amide bonds. The van der Waals surface area contributed by atoms with Crippen molar-refractivity contribution < 1.29 is 22.7 Å². The van der Waals surface area contributed by atoms with Crippen LogP contribution in [0.15, 0.2) is 0 Å². The van der Waals surface area contributed by atoms with E-state index in [1.807, 2.05) is 5.32 Å². The zero-order chi connectivity index (χ0) is 10.7. The van der Waals surface area contributed by atoms with Gasteiger partial charge in [-0.3, -0.25) is 0 Å². The predicted octanol–water partition coefficient (Wildman–Crippen LogP) is 1.04. The van der Waals surface area contributed by atoms with Gasteiger partial charge in [-0.1, -0.05) is 0 Å². The van der Waals surface area contributed by atoms with Crippen LogP contribution in [0.4, 0.5) is 23.2 Å². The summed E-state index contributed by atoms with van der Waals surface area (Å²) in [7, 11) is 0. The Kier molecular flexibility index (Phi) is 3.23. The van der Waals surface area contributed by atoms with Gasteiger partial charge in [-0.2, -0.15) is 22.5 Å². The van der Waals surface area contributed by atoms with Gasteiger partial charge in [-0.25, -0.2) is 0 Å². The van der Waals surface area contributed by atoms with Crippen molar-refractivity contribution in [3.05, 3.63) is 23.5 Å². The normalized spacial score (nSPS) is 10.4. The number of anilines is 1. The number of aromatic nitrogens is 1. The molecule has 0 unspecified atom stereocenters. The van der Waals surface area contributed by atoms with Crippen LogP contribution in [0.2, 0.25) is 0 Å². The number of aliphatic hydroxyl groups is 1. The summed E-state index contributed by atoms with van der Waals surface area (Å²) in [6.45, 7) is -0.652. The fraction of sp³-hybridized carbons (Fsp3) is 0.286. The van der Waals surface area contributed by atoms with Gasteiger partial charge in [0.25, 0.3) is 11.9 Å². The molecule has 0 aliphatic heterocycles. The van der Waals surface area contributed by atoms with Crippen LogP contribution in [-0.4, -0.2) is 23.2 Å². The second-order valence-corrected chi connectivity index (χ2v) is 2.35. The lowest BCUT2D eigenvalue weighted by Crippen LogP contribution is -2.12. The third-order valence-corrected chi connectivity index (χ3v) is 1.41. The lowest BCUT2D eigenvalue weighted by Gasteiger charge is -2.07. The van der Waals surface area contributed by atoms with Crippen molar-refractivity contribution in [2.75, 3.05) is 18.5 Å². The fourth-order valence-corrected chi connectivity index (χ4v) is 0.823. The molecule has 3 nitrogen and oxygen atoms in total. The van der Waals surface area contributed by atoms with Gasteiger partial charge < -0.3 is 10.4 Å². The number of hydrogen-bond acceptors (Lipinski definition) is 3. The van der Waals surface area contributed by atoms with E-state index >= 15 is 0 Å². The highest BCUT2D eigenvalue weighted by Gasteiger charge is 2.19. The van der Waals surface area contributed by atoms with E-state index in [1.165, 1.54) is 0 Å². The monoisotopic (exact) mass is 210 g/mol. The van der Waals surface area contributed by atoms with Crippen molar-refractivity contribution in [3.8, 4) is 0 Å². The minimum absolute atomic E-state index is 0.225. The Morgan fingerprint density at radius 2 is 1.57 bits per heavy atom. The lowest BCUT2D eigenvalue weighted by atomic mass is 10.3. The minimum Gasteiger partial charge on any atom is -0.395 e. The highest BCUT2D eigenvalue weighted by Crippen LogP contribution is 2.21. The summed E-state index contributed by atoms with van der Waals surface area (Å²) >= 11 is 0. The Balaban J connectivity index is 3.11. The summed E-state index contributed by atoms with van der Waals surface area (Å²) in [5, 5.41) is 10.3. The van der Waals surface area contributed by atoms with Gasteiger partial charge in [0, 0.05) is 6.54 Å². The van der Waals surface area contributed by atoms with Gasteiger partial charge in [0.1, 0.15) is 5.69 Å². The Labute approximate surface area is 76.4 Å². The van der Waals surface area contributed by atoms with E-state index in [0.29, 0.717) is 0 Å². The molecule has 0 aliphatic carbocycles. The van der Waals surface area contributed by atoms with Crippen LogP contribution in [-0.2, 0) is 0 Å². The minimum atomic E-state index is -1.73. The molecule has 7 heteroatoms. The van der Waals surface area contributed by atoms with Crippen LogP contribution >= 0.6 is 0 Å². The maximum Gasteiger partial charge on any atom is 0.253 e. The van der Waals surface area contributed by atoms with E-state index in [0.717, 1.165) is 0 Å². The second-order valence-electron chi connectivity index (χ2n) is 2.35. The Morgan fingerprint density at radius 3 is 2.00 bits per heavy atom. The number of rotatable bonds is 3. The summed E-state index contributed by atoms with van der Waals surface area (Å²) < 4.78 is 50.5. The second kappa shape index (κ2) is 4.23. The average molecular weight is 210 g/mol. The molecule has 1 aromatic rings. The van der Waals surface area contributed by atoms with Gasteiger partial charge in [0.05, 0.1) is 6.61 Å². The maximum atomic E-state index is 12.8. The first-order valence-corrected chi connectivity index (χ1v) is 3.62. The topological polar surface area (TPSA) is 45.1 Å². The highest BCUT2D eigenvalue weighted by molar-refractivity contribution is 5.45. The number of aliphatic hydroxyl groups excluding tert-OH is 1. The number of hydrogen-bond donors (Lipinski definition) is 2. The number of pyridine rings is 1. The molecule has 1 heterocycles. The summed E-state index contributed by atoms with van der Waals surface area (Å²) in [5.74, 6) is -6.69. The van der Waals surface area contributed by atoms with Crippen LogP contribution in [0.3, 0.4) is 0 Å². The molecule has 0 saturated carbocycles. The largest absolute Gasteiger partial charge is 0.395 e. The molecular formula is C7H6F4N2O. The molecular weight excluding hydrogens is 204 g/mol. The standard InChI is InChI=1S/C7H6F4N2O/c8-3-5(12-1-2-14)4(9)7(11)13-6(3)10/h14H,1-2H2,(H,12,13). The fourth-order valence-electron chi connectivity index (χ4n) is 0.823. The average Bonchev–Trinajstić information content (AvgIpc) is 2.15. The smallest absolute Gasteiger partial charge is 0.253 e. The van der Waals surface area contributed by atoms with Crippen LogP contribution < -0.4 is 5.32 Å². The number of nitrogens with zero attached hydrogens (tertiary/aromatic N) is 1. The third-order valence-electron chi connectivity index (χ3n) is 1.41. The molecule has 1 aromatic heterocycles. The van der Waals surface area contributed by atoms with Crippen molar-refractivity contribution in [3.63, 3.8) is 0 Å². The number of nitrogens with one attached hydrogen (secondary N) is 1. The molecule has 0 bridgehead atoms. The molecule has 0 radical (unpaired) electrons. The Bertz CT molecular complexity index is 319. The Morgan fingerprint density at radius 1 is 1.07 bits per heavy atom. The van der Waals surface area contributed by atoms with Crippen molar-refractivity contribution in [1.29, 1.82) is 0 Å².